The highest BCUT2D eigenvalue weighted by Crippen LogP contribution is 2.38. The summed E-state index contributed by atoms with van der Waals surface area (Å²) >= 11 is 0. The molecule has 1 aliphatic rings. The number of rotatable bonds is 4. The molecule has 0 radical (unpaired) electrons. The highest BCUT2D eigenvalue weighted by molar-refractivity contribution is 5.02. The molecule has 0 saturated heterocycles. The van der Waals surface area contributed by atoms with Crippen LogP contribution >= 0.6 is 0 Å². The van der Waals surface area contributed by atoms with Crippen molar-refractivity contribution in [1.29, 1.82) is 5.26 Å². The Labute approximate surface area is 76.4 Å². The molecular formula is C8H11N5. The Balaban J connectivity index is 1.95. The molecule has 5 nitrogen and oxygen atoms in total. The predicted octanol–water partition coefficient (Wildman–Crippen LogP) is 0.854. The van der Waals surface area contributed by atoms with Crippen LogP contribution in [0.4, 0.5) is 0 Å². The highest BCUT2D eigenvalue weighted by atomic mass is 15.5. The molecule has 0 spiro atoms. The molecule has 1 aliphatic carbocycles. The molecule has 13 heavy (non-hydrogen) atoms. The zero-order valence-electron chi connectivity index (χ0n) is 7.35. The molecule has 0 amide bonds. The molecule has 0 aliphatic heterocycles. The minimum atomic E-state index is 0.573. The summed E-state index contributed by atoms with van der Waals surface area (Å²) in [5.41, 5.74) is 0. The first-order chi connectivity index (χ1) is 6.42. The number of hydrogen-bond donors (Lipinski definition) is 0. The van der Waals surface area contributed by atoms with Crippen molar-refractivity contribution in [3.8, 4) is 6.07 Å². The lowest BCUT2D eigenvalue weighted by Crippen LogP contribution is -2.04. The summed E-state index contributed by atoms with van der Waals surface area (Å²) in [7, 11) is 0. The number of aryl methyl sites for hydroxylation is 1. The van der Waals surface area contributed by atoms with Crippen LogP contribution in [-0.4, -0.2) is 20.2 Å². The van der Waals surface area contributed by atoms with E-state index in [1.807, 2.05) is 4.68 Å². The lowest BCUT2D eigenvalue weighted by Gasteiger charge is -1.99. The van der Waals surface area contributed by atoms with Crippen LogP contribution in [0.3, 0.4) is 0 Å². The molecule has 0 N–H and O–H groups in total. The van der Waals surface area contributed by atoms with Crippen LogP contribution in [0.25, 0.3) is 0 Å². The van der Waals surface area contributed by atoms with E-state index in [-0.39, 0.29) is 0 Å². The molecule has 1 heterocycles. The normalized spacial score (nSPS) is 15.6. The summed E-state index contributed by atoms with van der Waals surface area (Å²) in [6, 6.07) is 2.11. The summed E-state index contributed by atoms with van der Waals surface area (Å²) in [5.74, 6) is 1.58. The second-order valence-corrected chi connectivity index (χ2v) is 3.30. The predicted molar refractivity (Wildman–Crippen MR) is 44.6 cm³/mol. The quantitative estimate of drug-likeness (QED) is 0.639. The van der Waals surface area contributed by atoms with Gasteiger partial charge in [-0.15, -0.1) is 5.10 Å². The number of nitrogens with zero attached hydrogens (tertiary/aromatic N) is 5. The molecule has 0 atom stereocenters. The molecule has 1 aromatic rings. The Morgan fingerprint density at radius 2 is 2.38 bits per heavy atom. The molecule has 1 aromatic heterocycles. The molecule has 1 saturated carbocycles. The fraction of sp³-hybridized carbons (Fsp3) is 0.750. The first-order valence-corrected chi connectivity index (χ1v) is 4.55. The first-order valence-electron chi connectivity index (χ1n) is 4.55. The van der Waals surface area contributed by atoms with Gasteiger partial charge in [0.15, 0.2) is 5.82 Å². The zero-order chi connectivity index (χ0) is 9.10. The van der Waals surface area contributed by atoms with E-state index in [2.05, 4.69) is 21.6 Å². The van der Waals surface area contributed by atoms with E-state index in [0.717, 1.165) is 18.8 Å². The van der Waals surface area contributed by atoms with Crippen molar-refractivity contribution in [3.05, 3.63) is 5.82 Å². The van der Waals surface area contributed by atoms with Gasteiger partial charge in [0, 0.05) is 18.9 Å². The van der Waals surface area contributed by atoms with Gasteiger partial charge in [-0.2, -0.15) is 5.26 Å². The van der Waals surface area contributed by atoms with Crippen LogP contribution < -0.4 is 0 Å². The van der Waals surface area contributed by atoms with Crippen molar-refractivity contribution in [1.82, 2.24) is 20.2 Å². The number of unbranched alkanes of at least 4 members (excludes halogenated alkanes) is 1. The summed E-state index contributed by atoms with van der Waals surface area (Å²) in [6.45, 7) is 0.770. The topological polar surface area (TPSA) is 67.4 Å². The molecule has 0 aromatic carbocycles. The number of aromatic nitrogens is 4. The third-order valence-electron chi connectivity index (χ3n) is 2.16. The summed E-state index contributed by atoms with van der Waals surface area (Å²) in [6.07, 6.45) is 3.82. The van der Waals surface area contributed by atoms with Gasteiger partial charge in [0.2, 0.25) is 0 Å². The average molecular weight is 177 g/mol. The van der Waals surface area contributed by atoms with E-state index in [1.54, 1.807) is 0 Å². The van der Waals surface area contributed by atoms with Gasteiger partial charge in [-0.25, -0.2) is 4.68 Å². The van der Waals surface area contributed by atoms with Crippen LogP contribution in [0, 0.1) is 11.3 Å². The van der Waals surface area contributed by atoms with Gasteiger partial charge in [0.1, 0.15) is 0 Å². The van der Waals surface area contributed by atoms with Crippen LogP contribution in [-0.2, 0) is 6.54 Å². The number of tetrazole rings is 1. The Morgan fingerprint density at radius 1 is 1.54 bits per heavy atom. The lowest BCUT2D eigenvalue weighted by atomic mass is 10.3. The smallest absolute Gasteiger partial charge is 0.154 e. The summed E-state index contributed by atoms with van der Waals surface area (Å²) < 4.78 is 1.83. The molecular weight excluding hydrogens is 166 g/mol. The van der Waals surface area contributed by atoms with Gasteiger partial charge in [0.05, 0.1) is 6.07 Å². The maximum atomic E-state index is 8.37. The van der Waals surface area contributed by atoms with Crippen LogP contribution in [0.5, 0.6) is 0 Å². The molecule has 5 heteroatoms. The van der Waals surface area contributed by atoms with Crippen LogP contribution in [0.1, 0.15) is 37.4 Å². The van der Waals surface area contributed by atoms with Crippen molar-refractivity contribution in [2.75, 3.05) is 0 Å². The van der Waals surface area contributed by atoms with E-state index < -0.39 is 0 Å². The lowest BCUT2D eigenvalue weighted by molar-refractivity contribution is 0.543. The molecule has 2 rings (SSSR count). The summed E-state index contributed by atoms with van der Waals surface area (Å²) in [5, 5.41) is 19.9. The largest absolute Gasteiger partial charge is 0.229 e. The van der Waals surface area contributed by atoms with Gasteiger partial charge >= 0.3 is 0 Å². The van der Waals surface area contributed by atoms with Gasteiger partial charge in [-0.05, 0) is 29.7 Å². The third-order valence-corrected chi connectivity index (χ3v) is 2.16. The minimum absolute atomic E-state index is 0.573. The monoisotopic (exact) mass is 177 g/mol. The number of hydrogen-bond acceptors (Lipinski definition) is 4. The Morgan fingerprint density at radius 3 is 3.08 bits per heavy atom. The first kappa shape index (κ1) is 8.17. The average Bonchev–Trinajstić information content (AvgIpc) is 2.88. The fourth-order valence-electron chi connectivity index (χ4n) is 1.31. The zero-order valence-corrected chi connectivity index (χ0v) is 7.35. The maximum absolute atomic E-state index is 8.37. The van der Waals surface area contributed by atoms with Gasteiger partial charge < -0.3 is 0 Å². The Bertz CT molecular complexity index is 320. The second kappa shape index (κ2) is 3.52. The van der Waals surface area contributed by atoms with Gasteiger partial charge in [-0.1, -0.05) is 0 Å². The number of nitriles is 1. The van der Waals surface area contributed by atoms with Crippen LogP contribution in [0.15, 0.2) is 0 Å². The fourth-order valence-corrected chi connectivity index (χ4v) is 1.31. The SMILES string of the molecule is N#CCCCn1nnnc1C1CC1. The molecule has 0 bridgehead atoms. The van der Waals surface area contributed by atoms with Crippen molar-refractivity contribution in [3.63, 3.8) is 0 Å². The highest BCUT2D eigenvalue weighted by Gasteiger charge is 2.29. The van der Waals surface area contributed by atoms with E-state index in [4.69, 9.17) is 5.26 Å². The van der Waals surface area contributed by atoms with E-state index >= 15 is 0 Å². The van der Waals surface area contributed by atoms with Gasteiger partial charge in [-0.3, -0.25) is 0 Å². The summed E-state index contributed by atoms with van der Waals surface area (Å²) in [4.78, 5) is 0. The Kier molecular flexibility index (Phi) is 2.21. The second-order valence-electron chi connectivity index (χ2n) is 3.30. The van der Waals surface area contributed by atoms with E-state index in [9.17, 15) is 0 Å². The van der Waals surface area contributed by atoms with E-state index in [0.29, 0.717) is 12.3 Å². The van der Waals surface area contributed by atoms with Crippen molar-refractivity contribution in [2.45, 2.75) is 38.1 Å². The van der Waals surface area contributed by atoms with Gasteiger partial charge in [0.25, 0.3) is 0 Å². The third kappa shape index (κ3) is 1.83. The molecule has 68 valence electrons. The van der Waals surface area contributed by atoms with Crippen molar-refractivity contribution >= 4 is 0 Å². The van der Waals surface area contributed by atoms with Crippen molar-refractivity contribution in [2.24, 2.45) is 0 Å². The van der Waals surface area contributed by atoms with Crippen LogP contribution in [0.2, 0.25) is 0 Å². The standard InChI is InChI=1S/C8H11N5/c9-5-1-2-6-13-8(7-3-4-7)10-11-12-13/h7H,1-4,6H2. The van der Waals surface area contributed by atoms with E-state index in [1.165, 1.54) is 12.8 Å². The molecule has 0 unspecified atom stereocenters. The molecule has 1 fully saturated rings. The minimum Gasteiger partial charge on any atom is -0.229 e. The maximum Gasteiger partial charge on any atom is 0.154 e. The Hall–Kier alpha value is -1.44. The van der Waals surface area contributed by atoms with Crippen molar-refractivity contribution < 1.29 is 0 Å².